The third kappa shape index (κ3) is 3.55. The van der Waals surface area contributed by atoms with Crippen LogP contribution in [-0.2, 0) is 9.53 Å². The number of thioether (sulfide) groups is 1. The van der Waals surface area contributed by atoms with Gasteiger partial charge < -0.3 is 9.47 Å². The van der Waals surface area contributed by atoms with Gasteiger partial charge in [-0.25, -0.2) is 0 Å². The molecule has 6 heteroatoms. The number of ether oxygens (including phenoxy) is 2. The molecule has 0 N–H and O–H groups in total. The molecule has 1 heterocycles. The van der Waals surface area contributed by atoms with Crippen molar-refractivity contribution in [1.82, 2.24) is 4.90 Å². The Morgan fingerprint density at radius 2 is 1.92 bits per heavy atom. The second-order valence-corrected chi connectivity index (χ2v) is 6.58. The van der Waals surface area contributed by atoms with Crippen LogP contribution >= 0.6 is 11.8 Å². The number of hydrogen-bond acceptors (Lipinski definition) is 5. The first-order valence-corrected chi connectivity index (χ1v) is 8.77. The molecule has 1 saturated heterocycles. The van der Waals surface area contributed by atoms with Crippen LogP contribution < -0.4 is 4.74 Å². The van der Waals surface area contributed by atoms with E-state index >= 15 is 0 Å². The molecule has 0 radical (unpaired) electrons. The van der Waals surface area contributed by atoms with E-state index in [2.05, 4.69) is 0 Å². The van der Waals surface area contributed by atoms with Crippen LogP contribution in [0.5, 0.6) is 5.75 Å². The van der Waals surface area contributed by atoms with Gasteiger partial charge in [0.2, 0.25) is 0 Å². The topological polar surface area (TPSA) is 55.8 Å². The van der Waals surface area contributed by atoms with Crippen molar-refractivity contribution in [2.24, 2.45) is 0 Å². The van der Waals surface area contributed by atoms with Crippen molar-refractivity contribution in [1.29, 1.82) is 0 Å². The first kappa shape index (κ1) is 17.5. The Bertz CT molecular complexity index is 846. The van der Waals surface area contributed by atoms with E-state index in [4.69, 9.17) is 9.47 Å². The van der Waals surface area contributed by atoms with Gasteiger partial charge in [0.15, 0.2) is 0 Å². The molecule has 1 aliphatic rings. The van der Waals surface area contributed by atoms with Crippen LogP contribution in [-0.4, -0.2) is 43.4 Å². The summed E-state index contributed by atoms with van der Waals surface area (Å²) in [6.07, 6.45) is 2.38. The third-order valence-electron chi connectivity index (χ3n) is 4.03. The highest BCUT2D eigenvalue weighted by Gasteiger charge is 2.34. The SMILES string of the molecule is COCCCN1C(=O)S/C(=C\c2c(OC)ccc3ccccc23)C1=O. The summed E-state index contributed by atoms with van der Waals surface area (Å²) in [7, 11) is 3.19. The van der Waals surface area contributed by atoms with E-state index in [1.807, 2.05) is 36.4 Å². The number of imide groups is 1. The second kappa shape index (κ2) is 7.72. The van der Waals surface area contributed by atoms with Crippen LogP contribution in [0.3, 0.4) is 0 Å². The van der Waals surface area contributed by atoms with Gasteiger partial charge in [0.25, 0.3) is 11.1 Å². The smallest absolute Gasteiger partial charge is 0.293 e. The van der Waals surface area contributed by atoms with Crippen molar-refractivity contribution in [3.63, 3.8) is 0 Å². The average Bonchev–Trinajstić information content (AvgIpc) is 2.89. The molecule has 1 fully saturated rings. The minimum absolute atomic E-state index is 0.244. The van der Waals surface area contributed by atoms with Crippen LogP contribution in [0.1, 0.15) is 12.0 Å². The lowest BCUT2D eigenvalue weighted by atomic mass is 10.0. The number of methoxy groups -OCH3 is 2. The van der Waals surface area contributed by atoms with Crippen LogP contribution in [0.4, 0.5) is 4.79 Å². The van der Waals surface area contributed by atoms with Gasteiger partial charge in [-0.2, -0.15) is 0 Å². The molecule has 3 rings (SSSR count). The molecule has 25 heavy (non-hydrogen) atoms. The van der Waals surface area contributed by atoms with Crippen LogP contribution in [0.25, 0.3) is 16.8 Å². The minimum atomic E-state index is -0.263. The first-order chi connectivity index (χ1) is 12.2. The molecule has 5 nitrogen and oxygen atoms in total. The largest absolute Gasteiger partial charge is 0.496 e. The average molecular weight is 357 g/mol. The summed E-state index contributed by atoms with van der Waals surface area (Å²) in [4.78, 5) is 26.4. The van der Waals surface area contributed by atoms with Gasteiger partial charge in [-0.1, -0.05) is 30.3 Å². The number of carbonyl (C=O) groups is 2. The van der Waals surface area contributed by atoms with E-state index in [1.165, 1.54) is 4.90 Å². The number of rotatable bonds is 6. The van der Waals surface area contributed by atoms with E-state index in [1.54, 1.807) is 20.3 Å². The van der Waals surface area contributed by atoms with Crippen molar-refractivity contribution < 1.29 is 19.1 Å². The number of fused-ring (bicyclic) bond motifs is 1. The molecular weight excluding hydrogens is 338 g/mol. The third-order valence-corrected chi connectivity index (χ3v) is 4.94. The Labute approximate surface area is 150 Å². The summed E-state index contributed by atoms with van der Waals surface area (Å²) in [5.74, 6) is 0.408. The molecule has 0 atom stereocenters. The number of benzene rings is 2. The van der Waals surface area contributed by atoms with E-state index in [0.29, 0.717) is 30.2 Å². The van der Waals surface area contributed by atoms with Gasteiger partial charge in [-0.3, -0.25) is 14.5 Å². The highest BCUT2D eigenvalue weighted by molar-refractivity contribution is 8.18. The molecule has 2 aromatic rings. The summed E-state index contributed by atoms with van der Waals surface area (Å²) >= 11 is 0.965. The predicted octanol–water partition coefficient (Wildman–Crippen LogP) is 3.92. The summed E-state index contributed by atoms with van der Waals surface area (Å²) in [6, 6.07) is 11.7. The van der Waals surface area contributed by atoms with E-state index in [9.17, 15) is 9.59 Å². The second-order valence-electron chi connectivity index (χ2n) is 5.58. The van der Waals surface area contributed by atoms with E-state index < -0.39 is 0 Å². The highest BCUT2D eigenvalue weighted by atomic mass is 32.2. The Hall–Kier alpha value is -2.31. The molecule has 2 amide bonds. The van der Waals surface area contributed by atoms with E-state index in [-0.39, 0.29) is 11.1 Å². The van der Waals surface area contributed by atoms with Gasteiger partial charge >= 0.3 is 0 Å². The minimum Gasteiger partial charge on any atom is -0.496 e. The summed E-state index contributed by atoms with van der Waals surface area (Å²) in [6.45, 7) is 0.875. The van der Waals surface area contributed by atoms with Crippen molar-refractivity contribution in [3.05, 3.63) is 46.9 Å². The van der Waals surface area contributed by atoms with Crippen molar-refractivity contribution >= 4 is 39.8 Å². The monoisotopic (exact) mass is 357 g/mol. The Balaban J connectivity index is 1.97. The van der Waals surface area contributed by atoms with Crippen molar-refractivity contribution in [2.45, 2.75) is 6.42 Å². The van der Waals surface area contributed by atoms with Crippen LogP contribution in [0.15, 0.2) is 41.3 Å². The lowest BCUT2D eigenvalue weighted by molar-refractivity contribution is -0.122. The molecule has 2 aromatic carbocycles. The normalized spacial score (nSPS) is 16.2. The van der Waals surface area contributed by atoms with Crippen molar-refractivity contribution in [3.8, 4) is 5.75 Å². The molecule has 0 aliphatic carbocycles. The lowest BCUT2D eigenvalue weighted by Crippen LogP contribution is -2.29. The van der Waals surface area contributed by atoms with Gasteiger partial charge in [0, 0.05) is 25.8 Å². The fourth-order valence-electron chi connectivity index (χ4n) is 2.79. The maximum absolute atomic E-state index is 12.6. The summed E-state index contributed by atoms with van der Waals surface area (Å²) in [5.41, 5.74) is 0.808. The van der Waals surface area contributed by atoms with E-state index in [0.717, 1.165) is 28.1 Å². The Morgan fingerprint density at radius 3 is 2.68 bits per heavy atom. The quantitative estimate of drug-likeness (QED) is 0.579. The molecule has 0 saturated carbocycles. The lowest BCUT2D eigenvalue weighted by Gasteiger charge is -2.12. The summed E-state index contributed by atoms with van der Waals surface area (Å²) in [5, 5.41) is 1.79. The molecule has 0 unspecified atom stereocenters. The predicted molar refractivity (Wildman–Crippen MR) is 99.7 cm³/mol. The number of carbonyl (C=O) groups excluding carboxylic acids is 2. The Morgan fingerprint density at radius 1 is 1.12 bits per heavy atom. The Kier molecular flexibility index (Phi) is 5.40. The number of hydrogen-bond donors (Lipinski definition) is 0. The highest BCUT2D eigenvalue weighted by Crippen LogP contribution is 2.36. The molecular formula is C19H19NO4S. The van der Waals surface area contributed by atoms with Gasteiger partial charge in [0.05, 0.1) is 12.0 Å². The molecule has 0 bridgehead atoms. The zero-order chi connectivity index (χ0) is 17.8. The van der Waals surface area contributed by atoms with Crippen LogP contribution in [0, 0.1) is 0 Å². The first-order valence-electron chi connectivity index (χ1n) is 7.95. The zero-order valence-corrected chi connectivity index (χ0v) is 15.0. The molecule has 0 spiro atoms. The van der Waals surface area contributed by atoms with Gasteiger partial charge in [0.1, 0.15) is 5.75 Å². The number of nitrogens with zero attached hydrogens (tertiary/aromatic N) is 1. The van der Waals surface area contributed by atoms with Crippen LogP contribution in [0.2, 0.25) is 0 Å². The fourth-order valence-corrected chi connectivity index (χ4v) is 3.64. The maximum Gasteiger partial charge on any atom is 0.293 e. The number of amides is 2. The summed E-state index contributed by atoms with van der Waals surface area (Å²) < 4.78 is 10.4. The van der Waals surface area contributed by atoms with Crippen molar-refractivity contribution in [2.75, 3.05) is 27.4 Å². The van der Waals surface area contributed by atoms with Gasteiger partial charge in [-0.05, 0) is 41.1 Å². The van der Waals surface area contributed by atoms with Gasteiger partial charge in [-0.15, -0.1) is 0 Å². The molecule has 0 aromatic heterocycles. The standard InChI is InChI=1S/C19H19NO4S/c1-23-11-5-10-20-18(21)17(25-19(20)22)12-15-14-7-4-3-6-13(14)8-9-16(15)24-2/h3-4,6-9,12H,5,10-11H2,1-2H3/b17-12-. The molecule has 1 aliphatic heterocycles. The zero-order valence-electron chi connectivity index (χ0n) is 14.2. The molecule has 130 valence electrons. The maximum atomic E-state index is 12.6. The fraction of sp³-hybridized carbons (Fsp3) is 0.263.